The van der Waals surface area contributed by atoms with Crippen molar-refractivity contribution in [3.63, 3.8) is 0 Å². The van der Waals surface area contributed by atoms with Gasteiger partial charge in [0.2, 0.25) is 0 Å². The van der Waals surface area contributed by atoms with Gasteiger partial charge in [0.05, 0.1) is 0 Å². The smallest absolute Gasteiger partial charge is 0.302 e. The predicted molar refractivity (Wildman–Crippen MR) is 87.7 cm³/mol. The Kier molecular flexibility index (Phi) is 3.51. The zero-order valence-corrected chi connectivity index (χ0v) is 14.2. The van der Waals surface area contributed by atoms with Gasteiger partial charge in [-0.05, 0) is 61.5 Å². The quantitative estimate of drug-likeness (QED) is 0.684. The van der Waals surface area contributed by atoms with Gasteiger partial charge in [-0.1, -0.05) is 18.6 Å². The summed E-state index contributed by atoms with van der Waals surface area (Å²) >= 11 is 0. The molecular formula is C20H26O3. The van der Waals surface area contributed by atoms with Crippen LogP contribution >= 0.6 is 0 Å². The summed E-state index contributed by atoms with van der Waals surface area (Å²) in [6.07, 6.45) is 10.3. The van der Waals surface area contributed by atoms with E-state index in [1.54, 1.807) is 5.57 Å². The highest BCUT2D eigenvalue weighted by Crippen LogP contribution is 2.59. The summed E-state index contributed by atoms with van der Waals surface area (Å²) in [6.45, 7) is 3.84. The van der Waals surface area contributed by atoms with Crippen LogP contribution in [0, 0.1) is 17.3 Å². The SMILES string of the molecule is CC(=O)O[C@H]1CCC2[C@@H]3CCC4=C(CCC(=O)C4)C3=CC[C@@]21C. The van der Waals surface area contributed by atoms with Crippen LogP contribution in [0.1, 0.15) is 65.2 Å². The van der Waals surface area contributed by atoms with E-state index in [1.807, 2.05) is 0 Å². The summed E-state index contributed by atoms with van der Waals surface area (Å²) < 4.78 is 5.66. The first-order valence-corrected chi connectivity index (χ1v) is 9.09. The molecule has 0 spiro atoms. The van der Waals surface area contributed by atoms with E-state index < -0.39 is 0 Å². The maximum absolute atomic E-state index is 11.8. The van der Waals surface area contributed by atoms with E-state index in [-0.39, 0.29) is 17.5 Å². The zero-order chi connectivity index (χ0) is 16.2. The summed E-state index contributed by atoms with van der Waals surface area (Å²) in [6, 6.07) is 0. The largest absolute Gasteiger partial charge is 0.462 e. The van der Waals surface area contributed by atoms with Crippen molar-refractivity contribution in [1.82, 2.24) is 0 Å². The van der Waals surface area contributed by atoms with Crippen molar-refractivity contribution in [2.75, 3.05) is 0 Å². The molecular weight excluding hydrogens is 288 g/mol. The van der Waals surface area contributed by atoms with Crippen LogP contribution in [0.2, 0.25) is 0 Å². The number of allylic oxidation sites excluding steroid dienone is 4. The van der Waals surface area contributed by atoms with Crippen molar-refractivity contribution in [1.29, 1.82) is 0 Å². The molecule has 124 valence electrons. The molecule has 0 aromatic heterocycles. The van der Waals surface area contributed by atoms with Crippen LogP contribution in [-0.4, -0.2) is 17.9 Å². The summed E-state index contributed by atoms with van der Waals surface area (Å²) in [5.41, 5.74) is 4.58. The second-order valence-corrected chi connectivity index (χ2v) is 8.09. The van der Waals surface area contributed by atoms with Crippen LogP contribution in [0.5, 0.6) is 0 Å². The molecule has 0 N–H and O–H groups in total. The molecule has 0 radical (unpaired) electrons. The lowest BCUT2D eigenvalue weighted by Crippen LogP contribution is -2.42. The fourth-order valence-corrected chi connectivity index (χ4v) is 5.76. The Hall–Kier alpha value is -1.38. The molecule has 4 aliphatic carbocycles. The fraction of sp³-hybridized carbons (Fsp3) is 0.700. The summed E-state index contributed by atoms with van der Waals surface area (Å²) in [4.78, 5) is 23.2. The first-order valence-electron chi connectivity index (χ1n) is 9.09. The number of carbonyl (C=O) groups is 2. The molecule has 3 nitrogen and oxygen atoms in total. The Morgan fingerprint density at radius 3 is 2.83 bits per heavy atom. The molecule has 0 aromatic rings. The van der Waals surface area contributed by atoms with Crippen LogP contribution in [0.15, 0.2) is 22.8 Å². The lowest BCUT2D eigenvalue weighted by molar-refractivity contribution is -0.152. The number of esters is 1. The molecule has 4 rings (SSSR count). The lowest BCUT2D eigenvalue weighted by atomic mass is 9.58. The minimum Gasteiger partial charge on any atom is -0.462 e. The molecule has 23 heavy (non-hydrogen) atoms. The first kappa shape index (κ1) is 15.2. The van der Waals surface area contributed by atoms with Crippen molar-refractivity contribution in [2.45, 2.75) is 71.3 Å². The van der Waals surface area contributed by atoms with Gasteiger partial charge in [0.15, 0.2) is 0 Å². The second kappa shape index (κ2) is 5.32. The molecule has 4 atom stereocenters. The van der Waals surface area contributed by atoms with Gasteiger partial charge < -0.3 is 4.74 Å². The predicted octanol–water partition coefficient (Wildman–Crippen LogP) is 4.12. The number of hydrogen-bond acceptors (Lipinski definition) is 3. The van der Waals surface area contributed by atoms with E-state index in [4.69, 9.17) is 4.74 Å². The number of ketones is 1. The Bertz CT molecular complexity index is 627. The average Bonchev–Trinajstić information content (AvgIpc) is 2.83. The van der Waals surface area contributed by atoms with Gasteiger partial charge in [0.25, 0.3) is 0 Å². The van der Waals surface area contributed by atoms with Crippen molar-refractivity contribution in [2.24, 2.45) is 17.3 Å². The van der Waals surface area contributed by atoms with Gasteiger partial charge in [-0.3, -0.25) is 9.59 Å². The molecule has 0 saturated heterocycles. The normalized spacial score (nSPS) is 39.3. The van der Waals surface area contributed by atoms with Crippen LogP contribution < -0.4 is 0 Å². The van der Waals surface area contributed by atoms with Crippen molar-refractivity contribution in [3.05, 3.63) is 22.8 Å². The Morgan fingerprint density at radius 1 is 1.22 bits per heavy atom. The number of Topliss-reactive ketones (excluding diaryl/α,β-unsaturated/α-hetero) is 1. The van der Waals surface area contributed by atoms with E-state index in [0.717, 1.165) is 38.5 Å². The maximum atomic E-state index is 11.8. The molecule has 3 heteroatoms. The van der Waals surface area contributed by atoms with Crippen LogP contribution in [-0.2, 0) is 14.3 Å². The van der Waals surface area contributed by atoms with E-state index in [0.29, 0.717) is 24.0 Å². The standard InChI is InChI=1S/C20H26O3/c1-12(21)23-19-8-7-18-17-5-3-13-11-14(22)4-6-15(13)16(17)9-10-20(18,19)2/h9,17-19H,3-8,10-11H2,1-2H3/t17-,18?,19+,20+/m1/s1. The van der Waals surface area contributed by atoms with E-state index in [1.165, 1.54) is 24.5 Å². The van der Waals surface area contributed by atoms with Crippen molar-refractivity contribution >= 4 is 11.8 Å². The van der Waals surface area contributed by atoms with Gasteiger partial charge in [-0.2, -0.15) is 0 Å². The summed E-state index contributed by atoms with van der Waals surface area (Å²) in [5.74, 6) is 1.50. The van der Waals surface area contributed by atoms with Crippen LogP contribution in [0.4, 0.5) is 0 Å². The fourth-order valence-electron chi connectivity index (χ4n) is 5.76. The third-order valence-corrected chi connectivity index (χ3v) is 6.87. The number of carbonyl (C=O) groups excluding carboxylic acids is 2. The Morgan fingerprint density at radius 2 is 2.04 bits per heavy atom. The molecule has 1 saturated carbocycles. The van der Waals surface area contributed by atoms with E-state index >= 15 is 0 Å². The first-order chi connectivity index (χ1) is 11.0. The van der Waals surface area contributed by atoms with E-state index in [9.17, 15) is 9.59 Å². The summed E-state index contributed by atoms with van der Waals surface area (Å²) in [7, 11) is 0. The molecule has 0 amide bonds. The van der Waals surface area contributed by atoms with Crippen LogP contribution in [0.3, 0.4) is 0 Å². The minimum absolute atomic E-state index is 0.0751. The van der Waals surface area contributed by atoms with Gasteiger partial charge in [0, 0.05) is 25.2 Å². The second-order valence-electron chi connectivity index (χ2n) is 8.09. The average molecular weight is 314 g/mol. The van der Waals surface area contributed by atoms with Gasteiger partial charge in [-0.25, -0.2) is 0 Å². The summed E-state index contributed by atoms with van der Waals surface area (Å²) in [5, 5.41) is 0. The number of fused-ring (bicyclic) bond motifs is 4. The van der Waals surface area contributed by atoms with Crippen LogP contribution in [0.25, 0.3) is 0 Å². The topological polar surface area (TPSA) is 43.4 Å². The molecule has 0 heterocycles. The highest BCUT2D eigenvalue weighted by atomic mass is 16.5. The number of rotatable bonds is 1. The Balaban J connectivity index is 1.66. The van der Waals surface area contributed by atoms with Crippen molar-refractivity contribution in [3.8, 4) is 0 Å². The third-order valence-electron chi connectivity index (χ3n) is 6.87. The molecule has 4 aliphatic rings. The zero-order valence-electron chi connectivity index (χ0n) is 14.2. The molecule has 1 unspecified atom stereocenters. The lowest BCUT2D eigenvalue weighted by Gasteiger charge is -2.47. The highest BCUT2D eigenvalue weighted by molar-refractivity contribution is 5.83. The number of hydrogen-bond donors (Lipinski definition) is 0. The molecule has 1 fully saturated rings. The number of ether oxygens (including phenoxy) is 1. The molecule has 0 aliphatic heterocycles. The Labute approximate surface area is 138 Å². The van der Waals surface area contributed by atoms with Gasteiger partial charge >= 0.3 is 5.97 Å². The van der Waals surface area contributed by atoms with Crippen molar-refractivity contribution < 1.29 is 14.3 Å². The minimum atomic E-state index is -0.147. The molecule has 0 bridgehead atoms. The van der Waals surface area contributed by atoms with E-state index in [2.05, 4.69) is 13.0 Å². The third kappa shape index (κ3) is 2.31. The molecule has 0 aromatic carbocycles. The van der Waals surface area contributed by atoms with Gasteiger partial charge in [-0.15, -0.1) is 0 Å². The maximum Gasteiger partial charge on any atom is 0.302 e. The monoisotopic (exact) mass is 314 g/mol. The highest BCUT2D eigenvalue weighted by Gasteiger charge is 2.54. The van der Waals surface area contributed by atoms with Gasteiger partial charge in [0.1, 0.15) is 11.9 Å².